The molecule has 2 rings (SSSR count). The van der Waals surface area contributed by atoms with Crippen molar-refractivity contribution < 1.29 is 4.79 Å². The molecular formula is C12H13BrN2O. The molecule has 1 aromatic carbocycles. The van der Waals surface area contributed by atoms with Crippen LogP contribution in [0.3, 0.4) is 0 Å². The summed E-state index contributed by atoms with van der Waals surface area (Å²) in [4.78, 5) is 11.8. The maximum absolute atomic E-state index is 11.8. The number of halogens is 1. The highest BCUT2D eigenvalue weighted by Crippen LogP contribution is 2.24. The molecule has 1 N–H and O–H groups in total. The number of nitrogens with one attached hydrogen (secondary N) is 1. The fourth-order valence-corrected chi connectivity index (χ4v) is 2.14. The second-order valence-electron chi connectivity index (χ2n) is 3.67. The third kappa shape index (κ3) is 1.85. The van der Waals surface area contributed by atoms with Crippen LogP contribution >= 0.6 is 15.9 Å². The molecular weight excluding hydrogens is 268 g/mol. The first-order valence-corrected chi connectivity index (χ1v) is 5.95. The predicted octanol–water partition coefficient (Wildman–Crippen LogP) is 2.69. The molecule has 0 aliphatic rings. The number of rotatable bonds is 2. The summed E-state index contributed by atoms with van der Waals surface area (Å²) in [7, 11) is 1.94. The fourth-order valence-electron chi connectivity index (χ4n) is 1.79. The van der Waals surface area contributed by atoms with E-state index in [1.54, 1.807) is 0 Å². The number of nitrogens with zero attached hydrogens (tertiary/aromatic N) is 1. The minimum atomic E-state index is -0.0181. The van der Waals surface area contributed by atoms with Crippen LogP contribution in [0.5, 0.6) is 0 Å². The number of carbonyl (C=O) groups excluding carboxylic acids is 1. The lowest BCUT2D eigenvalue weighted by Crippen LogP contribution is -2.22. The number of amides is 1. The fraction of sp³-hybridized carbons (Fsp3) is 0.250. The Kier molecular flexibility index (Phi) is 3.01. The molecule has 3 nitrogen and oxygen atoms in total. The van der Waals surface area contributed by atoms with Crippen LogP contribution in [0.2, 0.25) is 0 Å². The van der Waals surface area contributed by atoms with Crippen LogP contribution in [0.25, 0.3) is 10.9 Å². The molecule has 0 aliphatic heterocycles. The standard InChI is InChI=1S/C12H13BrN2O/c1-3-14-12(16)10-7-15(2)11-6-8(13)4-5-9(10)11/h4-7H,3H2,1-2H3,(H,14,16). The van der Waals surface area contributed by atoms with Gasteiger partial charge in [0.1, 0.15) is 0 Å². The zero-order valence-electron chi connectivity index (χ0n) is 9.25. The van der Waals surface area contributed by atoms with Crippen molar-refractivity contribution in [3.05, 3.63) is 34.4 Å². The van der Waals surface area contributed by atoms with Crippen LogP contribution in [0, 0.1) is 0 Å². The third-order valence-corrected chi connectivity index (χ3v) is 3.03. The van der Waals surface area contributed by atoms with Crippen LogP contribution in [0.15, 0.2) is 28.9 Å². The highest BCUT2D eigenvalue weighted by Gasteiger charge is 2.12. The van der Waals surface area contributed by atoms with Crippen molar-refractivity contribution in [3.8, 4) is 0 Å². The molecule has 0 radical (unpaired) electrons. The summed E-state index contributed by atoms with van der Waals surface area (Å²) in [5, 5.41) is 3.80. The summed E-state index contributed by atoms with van der Waals surface area (Å²) in [6.07, 6.45) is 1.86. The molecule has 0 spiro atoms. The van der Waals surface area contributed by atoms with Gasteiger partial charge in [-0.1, -0.05) is 22.0 Å². The molecule has 0 fully saturated rings. The molecule has 1 aromatic heterocycles. The van der Waals surface area contributed by atoms with E-state index in [-0.39, 0.29) is 5.91 Å². The van der Waals surface area contributed by atoms with E-state index in [1.807, 2.05) is 42.9 Å². The maximum atomic E-state index is 11.8. The largest absolute Gasteiger partial charge is 0.352 e. The van der Waals surface area contributed by atoms with E-state index in [2.05, 4.69) is 21.2 Å². The average molecular weight is 281 g/mol. The number of hydrogen-bond donors (Lipinski definition) is 1. The second-order valence-corrected chi connectivity index (χ2v) is 4.59. The van der Waals surface area contributed by atoms with Crippen molar-refractivity contribution in [2.24, 2.45) is 7.05 Å². The number of aryl methyl sites for hydroxylation is 1. The van der Waals surface area contributed by atoms with Gasteiger partial charge in [0.05, 0.1) is 5.56 Å². The summed E-state index contributed by atoms with van der Waals surface area (Å²) in [6, 6.07) is 5.92. The SMILES string of the molecule is CCNC(=O)c1cn(C)c2cc(Br)ccc12. The normalized spacial score (nSPS) is 10.7. The molecule has 0 saturated heterocycles. The van der Waals surface area contributed by atoms with Gasteiger partial charge in [-0.25, -0.2) is 0 Å². The van der Waals surface area contributed by atoms with Crippen molar-refractivity contribution in [1.29, 1.82) is 0 Å². The number of carbonyl (C=O) groups is 1. The Morgan fingerprint density at radius 3 is 2.94 bits per heavy atom. The second kappa shape index (κ2) is 4.29. The minimum Gasteiger partial charge on any atom is -0.352 e. The van der Waals surface area contributed by atoms with Gasteiger partial charge in [0.25, 0.3) is 5.91 Å². The molecule has 0 aliphatic carbocycles. The maximum Gasteiger partial charge on any atom is 0.253 e. The van der Waals surface area contributed by atoms with Gasteiger partial charge in [-0.2, -0.15) is 0 Å². The highest BCUT2D eigenvalue weighted by atomic mass is 79.9. The van der Waals surface area contributed by atoms with Gasteiger partial charge < -0.3 is 9.88 Å². The molecule has 16 heavy (non-hydrogen) atoms. The van der Waals surface area contributed by atoms with Crippen molar-refractivity contribution >= 4 is 32.7 Å². The van der Waals surface area contributed by atoms with Gasteiger partial charge in [0.2, 0.25) is 0 Å². The minimum absolute atomic E-state index is 0.0181. The van der Waals surface area contributed by atoms with Crippen molar-refractivity contribution in [1.82, 2.24) is 9.88 Å². The quantitative estimate of drug-likeness (QED) is 0.902. The molecule has 1 amide bonds. The van der Waals surface area contributed by atoms with Gasteiger partial charge in [-0.05, 0) is 19.1 Å². The van der Waals surface area contributed by atoms with Crippen LogP contribution in [-0.2, 0) is 7.05 Å². The van der Waals surface area contributed by atoms with E-state index < -0.39 is 0 Å². The van der Waals surface area contributed by atoms with Crippen LogP contribution < -0.4 is 5.32 Å². The van der Waals surface area contributed by atoms with Crippen LogP contribution in [0.1, 0.15) is 17.3 Å². The zero-order valence-corrected chi connectivity index (χ0v) is 10.8. The van der Waals surface area contributed by atoms with Crippen LogP contribution in [0.4, 0.5) is 0 Å². The van der Waals surface area contributed by atoms with Gasteiger partial charge >= 0.3 is 0 Å². The monoisotopic (exact) mass is 280 g/mol. The number of fused-ring (bicyclic) bond motifs is 1. The van der Waals surface area contributed by atoms with Gasteiger partial charge in [0.15, 0.2) is 0 Å². The average Bonchev–Trinajstić information content (AvgIpc) is 2.56. The van der Waals surface area contributed by atoms with E-state index in [0.29, 0.717) is 6.54 Å². The Morgan fingerprint density at radius 2 is 2.25 bits per heavy atom. The van der Waals surface area contributed by atoms with E-state index in [4.69, 9.17) is 0 Å². The molecule has 4 heteroatoms. The molecule has 0 bridgehead atoms. The number of aromatic nitrogens is 1. The van der Waals surface area contributed by atoms with Gasteiger partial charge in [-0.3, -0.25) is 4.79 Å². The Balaban J connectivity index is 2.59. The van der Waals surface area contributed by atoms with Gasteiger partial charge in [-0.15, -0.1) is 0 Å². The summed E-state index contributed by atoms with van der Waals surface area (Å²) in [5.74, 6) is -0.0181. The first-order valence-electron chi connectivity index (χ1n) is 5.16. The van der Waals surface area contributed by atoms with Crippen LogP contribution in [-0.4, -0.2) is 17.0 Å². The summed E-state index contributed by atoms with van der Waals surface area (Å²) in [5.41, 5.74) is 1.78. The lowest BCUT2D eigenvalue weighted by molar-refractivity contribution is 0.0957. The molecule has 84 valence electrons. The molecule has 0 unspecified atom stereocenters. The highest BCUT2D eigenvalue weighted by molar-refractivity contribution is 9.10. The Bertz CT molecular complexity index is 545. The van der Waals surface area contributed by atoms with Crippen molar-refractivity contribution in [2.45, 2.75) is 6.92 Å². The number of benzene rings is 1. The smallest absolute Gasteiger partial charge is 0.253 e. The Labute approximate surface area is 103 Å². The summed E-state index contributed by atoms with van der Waals surface area (Å²) < 4.78 is 2.98. The van der Waals surface area contributed by atoms with Gasteiger partial charge in [0, 0.05) is 35.2 Å². The molecule has 0 saturated carbocycles. The lowest BCUT2D eigenvalue weighted by Gasteiger charge is -1.99. The summed E-state index contributed by atoms with van der Waals surface area (Å²) >= 11 is 3.43. The topological polar surface area (TPSA) is 34.0 Å². The first-order chi connectivity index (χ1) is 7.63. The van der Waals surface area contributed by atoms with E-state index in [0.717, 1.165) is 20.9 Å². The predicted molar refractivity (Wildman–Crippen MR) is 68.6 cm³/mol. The molecule has 2 aromatic rings. The van der Waals surface area contributed by atoms with E-state index in [9.17, 15) is 4.79 Å². The number of hydrogen-bond acceptors (Lipinski definition) is 1. The zero-order chi connectivity index (χ0) is 11.7. The molecule has 0 atom stereocenters. The van der Waals surface area contributed by atoms with Crippen molar-refractivity contribution in [3.63, 3.8) is 0 Å². The Morgan fingerprint density at radius 1 is 1.50 bits per heavy atom. The van der Waals surface area contributed by atoms with E-state index >= 15 is 0 Å². The molecule has 1 heterocycles. The Hall–Kier alpha value is -1.29. The van der Waals surface area contributed by atoms with E-state index in [1.165, 1.54) is 0 Å². The third-order valence-electron chi connectivity index (χ3n) is 2.53. The first kappa shape index (κ1) is 11.2. The van der Waals surface area contributed by atoms with Crippen molar-refractivity contribution in [2.75, 3.05) is 6.54 Å². The lowest BCUT2D eigenvalue weighted by atomic mass is 10.1. The summed E-state index contributed by atoms with van der Waals surface area (Å²) in [6.45, 7) is 2.56.